The Balaban J connectivity index is 0.00000289. The number of nitrogens with zero attached hydrogens (tertiary/aromatic N) is 4. The molecule has 2 aliphatic rings. The van der Waals surface area contributed by atoms with Gasteiger partial charge in [-0.25, -0.2) is 4.98 Å². The zero-order valence-corrected chi connectivity index (χ0v) is 21.6. The van der Waals surface area contributed by atoms with Crippen LogP contribution < -0.4 is 15.5 Å². The molecule has 0 bridgehead atoms. The van der Waals surface area contributed by atoms with E-state index in [9.17, 15) is 0 Å². The lowest BCUT2D eigenvalue weighted by Crippen LogP contribution is -2.44. The van der Waals surface area contributed by atoms with Crippen molar-refractivity contribution in [1.29, 1.82) is 0 Å². The summed E-state index contributed by atoms with van der Waals surface area (Å²) in [6.45, 7) is 7.14. The molecule has 0 radical (unpaired) electrons. The first-order chi connectivity index (χ1) is 15.2. The summed E-state index contributed by atoms with van der Waals surface area (Å²) in [6.07, 6.45) is 2.80. The quantitative estimate of drug-likeness (QED) is 0.316. The first-order valence-corrected chi connectivity index (χ1v) is 11.3. The molecule has 0 aliphatic carbocycles. The first-order valence-electron chi connectivity index (χ1n) is 10.9. The molecular weight excluding hydrogens is 539 g/mol. The van der Waals surface area contributed by atoms with Crippen molar-refractivity contribution in [2.75, 3.05) is 51.3 Å². The minimum Gasteiger partial charge on any atom is -0.379 e. The molecule has 2 saturated heterocycles. The summed E-state index contributed by atoms with van der Waals surface area (Å²) >= 11 is 6.31. The molecule has 0 amide bonds. The maximum Gasteiger partial charge on any atom is 0.191 e. The number of halogens is 2. The number of benzene rings is 1. The van der Waals surface area contributed by atoms with E-state index in [1.54, 1.807) is 6.20 Å². The molecule has 32 heavy (non-hydrogen) atoms. The van der Waals surface area contributed by atoms with Gasteiger partial charge in [-0.05, 0) is 29.7 Å². The van der Waals surface area contributed by atoms with E-state index in [1.807, 2.05) is 19.2 Å². The van der Waals surface area contributed by atoms with Crippen molar-refractivity contribution in [2.24, 2.45) is 4.99 Å². The summed E-state index contributed by atoms with van der Waals surface area (Å²) < 4.78 is 5.45. The molecule has 9 heteroatoms. The van der Waals surface area contributed by atoms with Crippen LogP contribution in [0.3, 0.4) is 0 Å². The highest BCUT2D eigenvalue weighted by molar-refractivity contribution is 14.0. The Hall–Kier alpha value is -1.62. The number of hydrogen-bond acceptors (Lipinski definition) is 5. The number of aromatic nitrogens is 1. The number of guanidine groups is 1. The van der Waals surface area contributed by atoms with Crippen LogP contribution in [-0.4, -0.2) is 68.3 Å². The van der Waals surface area contributed by atoms with E-state index in [4.69, 9.17) is 16.3 Å². The molecule has 174 valence electrons. The van der Waals surface area contributed by atoms with Crippen LogP contribution in [0.25, 0.3) is 0 Å². The van der Waals surface area contributed by atoms with E-state index in [1.165, 1.54) is 11.1 Å². The highest BCUT2D eigenvalue weighted by atomic mass is 127. The third-order valence-corrected chi connectivity index (χ3v) is 6.05. The van der Waals surface area contributed by atoms with E-state index < -0.39 is 0 Å². The van der Waals surface area contributed by atoms with Crippen LogP contribution >= 0.6 is 35.6 Å². The Bertz CT molecular complexity index is 892. The first kappa shape index (κ1) is 25.0. The van der Waals surface area contributed by atoms with Gasteiger partial charge in [-0.3, -0.25) is 9.89 Å². The molecule has 0 spiro atoms. The molecule has 1 unspecified atom stereocenters. The van der Waals surface area contributed by atoms with Crippen LogP contribution in [0.2, 0.25) is 5.02 Å². The van der Waals surface area contributed by atoms with E-state index in [0.717, 1.165) is 70.7 Å². The van der Waals surface area contributed by atoms with Crippen LogP contribution in [0.15, 0.2) is 47.6 Å². The van der Waals surface area contributed by atoms with Crippen molar-refractivity contribution in [3.05, 3.63) is 58.7 Å². The van der Waals surface area contributed by atoms with Gasteiger partial charge >= 0.3 is 0 Å². The average Bonchev–Trinajstić information content (AvgIpc) is 3.26. The van der Waals surface area contributed by atoms with Gasteiger partial charge in [0.1, 0.15) is 5.82 Å². The zero-order chi connectivity index (χ0) is 21.5. The van der Waals surface area contributed by atoms with Gasteiger partial charge in [-0.1, -0.05) is 35.9 Å². The van der Waals surface area contributed by atoms with Crippen molar-refractivity contribution in [1.82, 2.24) is 20.5 Å². The largest absolute Gasteiger partial charge is 0.379 e. The van der Waals surface area contributed by atoms with Gasteiger partial charge in [0, 0.05) is 58.6 Å². The highest BCUT2D eigenvalue weighted by Gasteiger charge is 2.25. The second kappa shape index (κ2) is 12.6. The SMILES string of the molecule is CN=C(NCc1cccc(CN2CCOCC2)c1)NC1CCN(c2ncccc2Cl)C1.I. The number of aliphatic imine (C=N–C) groups is 1. The van der Waals surface area contributed by atoms with Gasteiger partial charge in [0.25, 0.3) is 0 Å². The molecule has 1 aromatic heterocycles. The fraction of sp³-hybridized carbons (Fsp3) is 0.478. The molecule has 2 fully saturated rings. The van der Waals surface area contributed by atoms with Crippen molar-refractivity contribution in [3.63, 3.8) is 0 Å². The normalized spacial score (nSPS) is 19.5. The van der Waals surface area contributed by atoms with Gasteiger partial charge in [0.05, 0.1) is 18.2 Å². The monoisotopic (exact) mass is 570 g/mol. The van der Waals surface area contributed by atoms with Gasteiger partial charge in [0.2, 0.25) is 0 Å². The van der Waals surface area contributed by atoms with Crippen molar-refractivity contribution >= 4 is 47.4 Å². The molecule has 3 heterocycles. The number of pyridine rings is 1. The van der Waals surface area contributed by atoms with Crippen LogP contribution in [0.4, 0.5) is 5.82 Å². The minimum absolute atomic E-state index is 0. The summed E-state index contributed by atoms with van der Waals surface area (Å²) in [5, 5.41) is 7.69. The standard InChI is InChI=1S/C23H31ClN6O.HI/c1-25-23(28-20-7-9-30(17-20)22-21(24)6-3-8-26-22)27-15-18-4-2-5-19(14-18)16-29-10-12-31-13-11-29;/h2-6,8,14,20H,7,9-13,15-17H2,1H3,(H2,25,27,28);1H. The summed E-state index contributed by atoms with van der Waals surface area (Å²) in [5.41, 5.74) is 2.59. The maximum absolute atomic E-state index is 6.31. The van der Waals surface area contributed by atoms with Crippen LogP contribution in [0.1, 0.15) is 17.5 Å². The molecule has 2 aliphatic heterocycles. The van der Waals surface area contributed by atoms with Gasteiger partial charge in [0.15, 0.2) is 5.96 Å². The van der Waals surface area contributed by atoms with E-state index in [2.05, 4.69) is 54.7 Å². The van der Waals surface area contributed by atoms with Crippen molar-refractivity contribution < 1.29 is 4.74 Å². The highest BCUT2D eigenvalue weighted by Crippen LogP contribution is 2.25. The Labute approximate surface area is 212 Å². The second-order valence-corrected chi connectivity index (χ2v) is 8.43. The molecule has 1 atom stereocenters. The molecule has 1 aromatic carbocycles. The number of anilines is 1. The molecule has 4 rings (SSSR count). The van der Waals surface area contributed by atoms with E-state index in [-0.39, 0.29) is 24.0 Å². The molecule has 0 saturated carbocycles. The van der Waals surface area contributed by atoms with Crippen LogP contribution in [0, 0.1) is 0 Å². The number of hydrogen-bond donors (Lipinski definition) is 2. The predicted octanol–water partition coefficient (Wildman–Crippen LogP) is 3.13. The lowest BCUT2D eigenvalue weighted by atomic mass is 10.1. The topological polar surface area (TPSA) is 65.0 Å². The smallest absolute Gasteiger partial charge is 0.191 e. The van der Waals surface area contributed by atoms with E-state index >= 15 is 0 Å². The summed E-state index contributed by atoms with van der Waals surface area (Å²) in [4.78, 5) is 13.5. The fourth-order valence-electron chi connectivity index (χ4n) is 4.11. The Kier molecular flexibility index (Phi) is 9.83. The summed E-state index contributed by atoms with van der Waals surface area (Å²) in [7, 11) is 1.81. The van der Waals surface area contributed by atoms with Gasteiger partial charge < -0.3 is 20.3 Å². The van der Waals surface area contributed by atoms with Gasteiger partial charge in [-0.2, -0.15) is 0 Å². The Morgan fingerprint density at radius 1 is 1.19 bits per heavy atom. The number of ether oxygens (including phenoxy) is 1. The van der Waals surface area contributed by atoms with Gasteiger partial charge in [-0.15, -0.1) is 24.0 Å². The third kappa shape index (κ3) is 6.94. The van der Waals surface area contributed by atoms with Crippen molar-refractivity contribution in [3.8, 4) is 0 Å². The number of nitrogens with one attached hydrogen (secondary N) is 2. The zero-order valence-electron chi connectivity index (χ0n) is 18.5. The number of rotatable bonds is 6. The molecule has 7 nitrogen and oxygen atoms in total. The maximum atomic E-state index is 6.31. The lowest BCUT2D eigenvalue weighted by Gasteiger charge is -2.26. The average molecular weight is 571 g/mol. The summed E-state index contributed by atoms with van der Waals surface area (Å²) in [6, 6.07) is 12.8. The Morgan fingerprint density at radius 3 is 2.78 bits per heavy atom. The third-order valence-electron chi connectivity index (χ3n) is 5.75. The summed E-state index contributed by atoms with van der Waals surface area (Å²) in [5.74, 6) is 1.67. The van der Waals surface area contributed by atoms with Crippen LogP contribution in [-0.2, 0) is 17.8 Å². The number of morpholine rings is 1. The van der Waals surface area contributed by atoms with Crippen LogP contribution in [0.5, 0.6) is 0 Å². The van der Waals surface area contributed by atoms with E-state index in [0.29, 0.717) is 11.1 Å². The minimum atomic E-state index is 0. The predicted molar refractivity (Wildman–Crippen MR) is 141 cm³/mol. The molecular formula is C23H32ClIN6O. The lowest BCUT2D eigenvalue weighted by molar-refractivity contribution is 0.0342. The fourth-order valence-corrected chi connectivity index (χ4v) is 4.35. The molecule has 2 N–H and O–H groups in total. The van der Waals surface area contributed by atoms with Crippen molar-refractivity contribution in [2.45, 2.75) is 25.6 Å². The molecule has 2 aromatic rings. The second-order valence-electron chi connectivity index (χ2n) is 8.02. The Morgan fingerprint density at radius 2 is 2.00 bits per heavy atom.